The summed E-state index contributed by atoms with van der Waals surface area (Å²) >= 11 is 0. The van der Waals surface area contributed by atoms with Gasteiger partial charge in [-0.25, -0.2) is 0 Å². The Kier molecular flexibility index (Phi) is 5.82. The molecule has 2 N–H and O–H groups in total. The van der Waals surface area contributed by atoms with Crippen LogP contribution in [0.3, 0.4) is 0 Å². The molecule has 1 aliphatic rings. The summed E-state index contributed by atoms with van der Waals surface area (Å²) in [6.07, 6.45) is 1.60. The van der Waals surface area contributed by atoms with Crippen molar-refractivity contribution in [2.45, 2.75) is 52.1 Å². The van der Waals surface area contributed by atoms with E-state index >= 15 is 0 Å². The SMILES string of the molecule is C[C@H](NC(C)(C)CNC(=O)C1(C)CCOCC1)c1ccccc1. The van der Waals surface area contributed by atoms with Crippen LogP contribution in [0.2, 0.25) is 0 Å². The van der Waals surface area contributed by atoms with E-state index in [2.05, 4.69) is 43.5 Å². The normalized spacial score (nSPS) is 19.1. The Balaban J connectivity index is 1.87. The Morgan fingerprint density at radius 2 is 1.87 bits per heavy atom. The summed E-state index contributed by atoms with van der Waals surface area (Å²) in [7, 11) is 0. The van der Waals surface area contributed by atoms with Crippen LogP contribution >= 0.6 is 0 Å². The molecule has 0 radical (unpaired) electrons. The average molecular weight is 318 g/mol. The molecule has 1 saturated heterocycles. The van der Waals surface area contributed by atoms with Crippen LogP contribution in [0.1, 0.15) is 52.1 Å². The van der Waals surface area contributed by atoms with E-state index < -0.39 is 0 Å². The Labute approximate surface area is 140 Å². The van der Waals surface area contributed by atoms with Crippen LogP contribution in [-0.2, 0) is 9.53 Å². The zero-order valence-electron chi connectivity index (χ0n) is 14.8. The molecule has 1 aliphatic heterocycles. The fourth-order valence-corrected chi connectivity index (χ4v) is 3.03. The van der Waals surface area contributed by atoms with E-state index in [0.717, 1.165) is 12.8 Å². The van der Waals surface area contributed by atoms with Gasteiger partial charge in [-0.1, -0.05) is 37.3 Å². The summed E-state index contributed by atoms with van der Waals surface area (Å²) in [5.74, 6) is 0.142. The number of carbonyl (C=O) groups excluding carboxylic acids is 1. The van der Waals surface area contributed by atoms with Crippen LogP contribution in [0.4, 0.5) is 0 Å². The van der Waals surface area contributed by atoms with E-state index in [1.54, 1.807) is 0 Å². The number of ether oxygens (including phenoxy) is 1. The van der Waals surface area contributed by atoms with Crippen LogP contribution < -0.4 is 10.6 Å². The second-order valence-electron chi connectivity index (χ2n) is 7.52. The lowest BCUT2D eigenvalue weighted by atomic mass is 9.81. The molecule has 0 aliphatic carbocycles. The van der Waals surface area contributed by atoms with Crippen LogP contribution in [0, 0.1) is 5.41 Å². The molecule has 4 nitrogen and oxygen atoms in total. The lowest BCUT2D eigenvalue weighted by molar-refractivity contribution is -0.135. The number of hydrogen-bond donors (Lipinski definition) is 2. The molecule has 1 aromatic rings. The van der Waals surface area contributed by atoms with Gasteiger partial charge >= 0.3 is 0 Å². The highest BCUT2D eigenvalue weighted by molar-refractivity contribution is 5.82. The second-order valence-corrected chi connectivity index (χ2v) is 7.52. The highest BCUT2D eigenvalue weighted by Crippen LogP contribution is 2.30. The molecule has 0 spiro atoms. The van der Waals surface area contributed by atoms with Crippen molar-refractivity contribution in [2.24, 2.45) is 5.41 Å². The zero-order chi connectivity index (χ0) is 16.9. The number of nitrogens with one attached hydrogen (secondary N) is 2. The number of rotatable bonds is 6. The molecule has 1 amide bonds. The Morgan fingerprint density at radius 3 is 2.48 bits per heavy atom. The largest absolute Gasteiger partial charge is 0.381 e. The number of carbonyl (C=O) groups is 1. The molecule has 0 unspecified atom stereocenters. The highest BCUT2D eigenvalue weighted by Gasteiger charge is 2.35. The van der Waals surface area contributed by atoms with E-state index in [1.165, 1.54) is 5.56 Å². The third-order valence-corrected chi connectivity index (χ3v) is 4.74. The van der Waals surface area contributed by atoms with E-state index in [0.29, 0.717) is 19.8 Å². The Bertz CT molecular complexity index is 507. The summed E-state index contributed by atoms with van der Waals surface area (Å²) in [5, 5.41) is 6.74. The van der Waals surface area contributed by atoms with Gasteiger partial charge in [-0.15, -0.1) is 0 Å². The molecule has 1 aromatic carbocycles. The monoisotopic (exact) mass is 318 g/mol. The third kappa shape index (κ3) is 5.05. The summed E-state index contributed by atoms with van der Waals surface area (Å²) in [6, 6.07) is 10.6. The van der Waals surface area contributed by atoms with E-state index in [9.17, 15) is 4.79 Å². The van der Waals surface area contributed by atoms with Crippen molar-refractivity contribution in [2.75, 3.05) is 19.8 Å². The van der Waals surface area contributed by atoms with Gasteiger partial charge in [0.1, 0.15) is 0 Å². The molecule has 2 rings (SSSR count). The number of hydrogen-bond acceptors (Lipinski definition) is 3. The van der Waals surface area contributed by atoms with E-state index in [-0.39, 0.29) is 22.9 Å². The molecule has 1 fully saturated rings. The first-order chi connectivity index (χ1) is 10.8. The summed E-state index contributed by atoms with van der Waals surface area (Å²) in [5.41, 5.74) is 0.787. The number of benzene rings is 1. The molecule has 1 heterocycles. The zero-order valence-corrected chi connectivity index (χ0v) is 14.8. The van der Waals surface area contributed by atoms with Crippen molar-refractivity contribution in [1.82, 2.24) is 10.6 Å². The van der Waals surface area contributed by atoms with Gasteiger partial charge in [0.15, 0.2) is 0 Å². The summed E-state index contributed by atoms with van der Waals surface area (Å²) in [4.78, 5) is 12.5. The smallest absolute Gasteiger partial charge is 0.226 e. The van der Waals surface area contributed by atoms with Crippen molar-refractivity contribution >= 4 is 5.91 Å². The molecule has 128 valence electrons. The predicted octanol–water partition coefficient (Wildman–Crippen LogP) is 3.05. The van der Waals surface area contributed by atoms with Gasteiger partial charge in [-0.3, -0.25) is 4.79 Å². The molecular formula is C19H30N2O2. The van der Waals surface area contributed by atoms with Gasteiger partial charge in [0.25, 0.3) is 0 Å². The first-order valence-corrected chi connectivity index (χ1v) is 8.51. The van der Waals surface area contributed by atoms with Gasteiger partial charge in [-0.05, 0) is 39.2 Å². The van der Waals surface area contributed by atoms with Crippen LogP contribution in [0.5, 0.6) is 0 Å². The highest BCUT2D eigenvalue weighted by atomic mass is 16.5. The minimum absolute atomic E-state index is 0.142. The van der Waals surface area contributed by atoms with E-state index in [4.69, 9.17) is 4.74 Å². The maximum absolute atomic E-state index is 12.5. The first-order valence-electron chi connectivity index (χ1n) is 8.51. The summed E-state index contributed by atoms with van der Waals surface area (Å²) in [6.45, 7) is 10.4. The minimum Gasteiger partial charge on any atom is -0.381 e. The quantitative estimate of drug-likeness (QED) is 0.847. The van der Waals surface area contributed by atoms with Crippen molar-refractivity contribution in [3.63, 3.8) is 0 Å². The maximum Gasteiger partial charge on any atom is 0.226 e. The molecule has 4 heteroatoms. The Hall–Kier alpha value is -1.39. The van der Waals surface area contributed by atoms with Crippen molar-refractivity contribution in [1.29, 1.82) is 0 Å². The van der Waals surface area contributed by atoms with Gasteiger partial charge in [-0.2, -0.15) is 0 Å². The van der Waals surface area contributed by atoms with Crippen molar-refractivity contribution < 1.29 is 9.53 Å². The first kappa shape index (κ1) is 18.0. The fourth-order valence-electron chi connectivity index (χ4n) is 3.03. The molecule has 1 atom stereocenters. The fraction of sp³-hybridized carbons (Fsp3) is 0.632. The standard InChI is InChI=1S/C19H30N2O2/c1-15(16-8-6-5-7-9-16)21-18(2,3)14-20-17(22)19(4)10-12-23-13-11-19/h5-9,15,21H,10-14H2,1-4H3,(H,20,22)/t15-/m0/s1. The molecule has 0 aromatic heterocycles. The van der Waals surface area contributed by atoms with E-state index in [1.807, 2.05) is 25.1 Å². The summed E-state index contributed by atoms with van der Waals surface area (Å²) < 4.78 is 5.37. The molecule has 23 heavy (non-hydrogen) atoms. The van der Waals surface area contributed by atoms with Gasteiger partial charge in [0.05, 0.1) is 5.41 Å². The molecule has 0 bridgehead atoms. The second kappa shape index (κ2) is 7.45. The van der Waals surface area contributed by atoms with Gasteiger partial charge < -0.3 is 15.4 Å². The predicted molar refractivity (Wildman–Crippen MR) is 93.2 cm³/mol. The van der Waals surface area contributed by atoms with Crippen LogP contribution in [0.25, 0.3) is 0 Å². The van der Waals surface area contributed by atoms with Crippen molar-refractivity contribution in [3.05, 3.63) is 35.9 Å². The number of amides is 1. The van der Waals surface area contributed by atoms with Gasteiger partial charge in [0.2, 0.25) is 5.91 Å². The topological polar surface area (TPSA) is 50.4 Å². The van der Waals surface area contributed by atoms with Crippen LogP contribution in [-0.4, -0.2) is 31.2 Å². The average Bonchev–Trinajstić information content (AvgIpc) is 2.54. The third-order valence-electron chi connectivity index (χ3n) is 4.74. The maximum atomic E-state index is 12.5. The van der Waals surface area contributed by atoms with Crippen LogP contribution in [0.15, 0.2) is 30.3 Å². The van der Waals surface area contributed by atoms with Crippen molar-refractivity contribution in [3.8, 4) is 0 Å². The lowest BCUT2D eigenvalue weighted by Crippen LogP contribution is -2.52. The Morgan fingerprint density at radius 1 is 1.26 bits per heavy atom. The van der Waals surface area contributed by atoms with Gasteiger partial charge in [0, 0.05) is 31.3 Å². The molecular weight excluding hydrogens is 288 g/mol. The lowest BCUT2D eigenvalue weighted by Gasteiger charge is -2.35. The minimum atomic E-state index is -0.292. The molecule has 0 saturated carbocycles.